The zero-order valence-electron chi connectivity index (χ0n) is 14.3. The monoisotopic (exact) mass is 333 g/mol. The van der Waals surface area contributed by atoms with Crippen LogP contribution in [0.4, 0.5) is 10.5 Å². The van der Waals surface area contributed by atoms with Gasteiger partial charge in [-0.25, -0.2) is 4.79 Å². The van der Waals surface area contributed by atoms with Crippen molar-refractivity contribution in [1.29, 1.82) is 0 Å². The van der Waals surface area contributed by atoms with Crippen molar-refractivity contribution in [1.82, 2.24) is 10.2 Å². The Kier molecular flexibility index (Phi) is 7.55. The van der Waals surface area contributed by atoms with Gasteiger partial charge < -0.3 is 20.3 Å². The SMILES string of the molecule is CCOCCCNC(=O)Nc1cccc(CN2CCCCC2=O)c1. The molecule has 6 nitrogen and oxygen atoms in total. The fourth-order valence-corrected chi connectivity index (χ4v) is 2.69. The molecule has 132 valence electrons. The average molecular weight is 333 g/mol. The molecule has 1 heterocycles. The second-order valence-corrected chi connectivity index (χ2v) is 5.90. The molecule has 24 heavy (non-hydrogen) atoms. The van der Waals surface area contributed by atoms with Gasteiger partial charge in [-0.2, -0.15) is 0 Å². The van der Waals surface area contributed by atoms with Gasteiger partial charge in [0, 0.05) is 45.0 Å². The standard InChI is InChI=1S/C18H27N3O3/c1-2-24-12-6-10-19-18(23)20-16-8-5-7-15(13-16)14-21-11-4-3-9-17(21)22/h5,7-8,13H,2-4,6,9-12,14H2,1H3,(H2,19,20,23). The molecular weight excluding hydrogens is 306 g/mol. The molecule has 0 saturated carbocycles. The third-order valence-electron chi connectivity index (χ3n) is 3.93. The van der Waals surface area contributed by atoms with Crippen molar-refractivity contribution in [2.24, 2.45) is 0 Å². The Hall–Kier alpha value is -2.08. The van der Waals surface area contributed by atoms with E-state index < -0.39 is 0 Å². The molecule has 0 atom stereocenters. The number of amides is 3. The van der Waals surface area contributed by atoms with Crippen LogP contribution in [0.25, 0.3) is 0 Å². The highest BCUT2D eigenvalue weighted by molar-refractivity contribution is 5.89. The molecule has 0 bridgehead atoms. The van der Waals surface area contributed by atoms with Crippen LogP contribution >= 0.6 is 0 Å². The highest BCUT2D eigenvalue weighted by atomic mass is 16.5. The number of carbonyl (C=O) groups excluding carboxylic acids is 2. The number of hydrogen-bond acceptors (Lipinski definition) is 3. The third-order valence-corrected chi connectivity index (χ3v) is 3.93. The average Bonchev–Trinajstić information content (AvgIpc) is 2.57. The van der Waals surface area contributed by atoms with Gasteiger partial charge in [-0.05, 0) is 43.9 Å². The number of anilines is 1. The van der Waals surface area contributed by atoms with Gasteiger partial charge in [0.1, 0.15) is 0 Å². The lowest BCUT2D eigenvalue weighted by Crippen LogP contribution is -2.34. The number of likely N-dealkylation sites (tertiary alicyclic amines) is 1. The van der Waals surface area contributed by atoms with Crippen LogP contribution in [0.2, 0.25) is 0 Å². The van der Waals surface area contributed by atoms with E-state index in [9.17, 15) is 9.59 Å². The van der Waals surface area contributed by atoms with Crippen molar-refractivity contribution >= 4 is 17.6 Å². The Morgan fingerprint density at radius 2 is 2.21 bits per heavy atom. The number of nitrogens with one attached hydrogen (secondary N) is 2. The van der Waals surface area contributed by atoms with Gasteiger partial charge in [-0.1, -0.05) is 12.1 Å². The highest BCUT2D eigenvalue weighted by Crippen LogP contribution is 2.17. The number of piperidine rings is 1. The summed E-state index contributed by atoms with van der Waals surface area (Å²) in [6.07, 6.45) is 3.48. The Morgan fingerprint density at radius 1 is 1.33 bits per heavy atom. The van der Waals surface area contributed by atoms with Crippen molar-refractivity contribution in [3.63, 3.8) is 0 Å². The van der Waals surface area contributed by atoms with E-state index in [0.717, 1.165) is 37.1 Å². The van der Waals surface area contributed by atoms with Crippen molar-refractivity contribution in [3.8, 4) is 0 Å². The van der Waals surface area contributed by atoms with Crippen LogP contribution in [0.15, 0.2) is 24.3 Å². The Morgan fingerprint density at radius 3 is 3.00 bits per heavy atom. The first-order valence-electron chi connectivity index (χ1n) is 8.68. The second kappa shape index (κ2) is 9.93. The Labute approximate surface area is 143 Å². The van der Waals surface area contributed by atoms with Crippen LogP contribution in [0, 0.1) is 0 Å². The van der Waals surface area contributed by atoms with Crippen molar-refractivity contribution in [3.05, 3.63) is 29.8 Å². The van der Waals surface area contributed by atoms with Crippen LogP contribution in [0.1, 0.15) is 38.2 Å². The van der Waals surface area contributed by atoms with Crippen molar-refractivity contribution < 1.29 is 14.3 Å². The third kappa shape index (κ3) is 6.20. The first-order valence-corrected chi connectivity index (χ1v) is 8.68. The summed E-state index contributed by atoms with van der Waals surface area (Å²) in [5.41, 5.74) is 1.76. The predicted molar refractivity (Wildman–Crippen MR) is 93.8 cm³/mol. The molecule has 0 aromatic heterocycles. The van der Waals surface area contributed by atoms with Crippen molar-refractivity contribution in [2.45, 2.75) is 39.2 Å². The number of rotatable bonds is 8. The lowest BCUT2D eigenvalue weighted by Gasteiger charge is -2.26. The molecule has 0 unspecified atom stereocenters. The molecule has 2 N–H and O–H groups in total. The van der Waals surface area contributed by atoms with Gasteiger partial charge in [-0.15, -0.1) is 0 Å². The maximum atomic E-state index is 11.9. The van der Waals surface area contributed by atoms with Gasteiger partial charge in [0.25, 0.3) is 0 Å². The molecule has 1 aromatic carbocycles. The zero-order valence-corrected chi connectivity index (χ0v) is 14.3. The summed E-state index contributed by atoms with van der Waals surface area (Å²) in [7, 11) is 0. The minimum Gasteiger partial charge on any atom is -0.382 e. The molecular formula is C18H27N3O3. The fraction of sp³-hybridized carbons (Fsp3) is 0.556. The molecule has 0 radical (unpaired) electrons. The van der Waals surface area contributed by atoms with Crippen LogP contribution in [-0.4, -0.2) is 43.1 Å². The summed E-state index contributed by atoms with van der Waals surface area (Å²) < 4.78 is 5.23. The quantitative estimate of drug-likeness (QED) is 0.719. The number of hydrogen-bond donors (Lipinski definition) is 2. The van der Waals surface area contributed by atoms with Crippen LogP contribution in [0.5, 0.6) is 0 Å². The van der Waals surface area contributed by atoms with Crippen molar-refractivity contribution in [2.75, 3.05) is 31.6 Å². The van der Waals surface area contributed by atoms with Crippen LogP contribution in [-0.2, 0) is 16.1 Å². The molecule has 3 amide bonds. The zero-order chi connectivity index (χ0) is 17.2. The van der Waals surface area contributed by atoms with E-state index in [1.807, 2.05) is 36.1 Å². The summed E-state index contributed by atoms with van der Waals surface area (Å²) in [6.45, 7) is 5.29. The van der Waals surface area contributed by atoms with E-state index in [1.54, 1.807) is 0 Å². The van der Waals surface area contributed by atoms with Crippen LogP contribution < -0.4 is 10.6 Å². The summed E-state index contributed by atoms with van der Waals surface area (Å²) >= 11 is 0. The molecule has 1 aliphatic rings. The molecule has 1 saturated heterocycles. The van der Waals surface area contributed by atoms with E-state index in [0.29, 0.717) is 32.7 Å². The van der Waals surface area contributed by atoms with E-state index in [-0.39, 0.29) is 11.9 Å². The lowest BCUT2D eigenvalue weighted by atomic mass is 10.1. The summed E-state index contributed by atoms with van der Waals surface area (Å²) in [5.74, 6) is 0.214. The van der Waals surface area contributed by atoms with E-state index >= 15 is 0 Å². The van der Waals surface area contributed by atoms with Gasteiger partial charge >= 0.3 is 6.03 Å². The summed E-state index contributed by atoms with van der Waals surface area (Å²) in [5, 5.41) is 5.63. The first kappa shape index (κ1) is 18.3. The maximum absolute atomic E-state index is 11.9. The van der Waals surface area contributed by atoms with Gasteiger partial charge in [0.05, 0.1) is 0 Å². The number of ether oxygens (including phenoxy) is 1. The number of nitrogens with zero attached hydrogens (tertiary/aromatic N) is 1. The van der Waals surface area contributed by atoms with Crippen LogP contribution in [0.3, 0.4) is 0 Å². The molecule has 1 aromatic rings. The van der Waals surface area contributed by atoms with Gasteiger partial charge in [0.15, 0.2) is 0 Å². The number of urea groups is 1. The first-order chi connectivity index (χ1) is 11.7. The predicted octanol–water partition coefficient (Wildman–Crippen LogP) is 2.75. The van der Waals surface area contributed by atoms with Gasteiger partial charge in [0.2, 0.25) is 5.91 Å². The Bertz CT molecular complexity index is 548. The van der Waals surface area contributed by atoms with E-state index in [1.165, 1.54) is 0 Å². The smallest absolute Gasteiger partial charge is 0.319 e. The largest absolute Gasteiger partial charge is 0.382 e. The second-order valence-electron chi connectivity index (χ2n) is 5.90. The highest BCUT2D eigenvalue weighted by Gasteiger charge is 2.18. The summed E-state index contributed by atoms with van der Waals surface area (Å²) in [6, 6.07) is 7.42. The molecule has 2 rings (SSSR count). The minimum absolute atomic E-state index is 0.214. The van der Waals surface area contributed by atoms with E-state index in [2.05, 4.69) is 10.6 Å². The van der Waals surface area contributed by atoms with Gasteiger partial charge in [-0.3, -0.25) is 4.79 Å². The number of benzene rings is 1. The molecule has 6 heteroatoms. The Balaban J connectivity index is 1.79. The molecule has 0 spiro atoms. The number of carbonyl (C=O) groups is 2. The maximum Gasteiger partial charge on any atom is 0.319 e. The fourth-order valence-electron chi connectivity index (χ4n) is 2.69. The molecule has 0 aliphatic carbocycles. The minimum atomic E-state index is -0.224. The topological polar surface area (TPSA) is 70.7 Å². The summed E-state index contributed by atoms with van der Waals surface area (Å²) in [4.78, 5) is 25.6. The lowest BCUT2D eigenvalue weighted by molar-refractivity contribution is -0.133. The molecule has 1 aliphatic heterocycles. The normalized spacial score (nSPS) is 14.5. The van der Waals surface area contributed by atoms with E-state index in [4.69, 9.17) is 4.74 Å². The molecule has 1 fully saturated rings.